The molecule has 2 nitrogen and oxygen atoms in total. The largest absolute Gasteiger partial charge is 0.391 e. The summed E-state index contributed by atoms with van der Waals surface area (Å²) in [5.74, 6) is 0. The predicted molar refractivity (Wildman–Crippen MR) is 190 cm³/mol. The molecule has 1 atom stereocenters. The quantitative estimate of drug-likeness (QED) is 0.0720. The van der Waals surface area contributed by atoms with Crippen LogP contribution in [0, 0.1) is 0 Å². The van der Waals surface area contributed by atoms with Gasteiger partial charge in [0, 0.05) is 5.54 Å². The molecule has 250 valence electrons. The van der Waals surface area contributed by atoms with Gasteiger partial charge in [0.15, 0.2) is 0 Å². The fraction of sp³-hybridized carbons (Fsp3) is 1.00. The topological polar surface area (TPSA) is 46.2 Å². The average molecular weight is 603 g/mol. The fourth-order valence-corrected chi connectivity index (χ4v) is 6.45. The molecule has 0 aliphatic heterocycles. The summed E-state index contributed by atoms with van der Waals surface area (Å²) in [4.78, 5) is 0. The second-order valence-corrected chi connectivity index (χ2v) is 13.6. The first kappa shape index (κ1) is 43.3. The highest BCUT2D eigenvalue weighted by atomic mass is 35.5. The summed E-state index contributed by atoms with van der Waals surface area (Å²) in [7, 11) is 0. The van der Waals surface area contributed by atoms with Crippen LogP contribution in [-0.2, 0) is 0 Å². The minimum atomic E-state index is -0.362. The molecule has 1 unspecified atom stereocenters. The van der Waals surface area contributed by atoms with Gasteiger partial charge in [-0.05, 0) is 19.3 Å². The lowest BCUT2D eigenvalue weighted by Crippen LogP contribution is -2.50. The molecule has 0 aromatic carbocycles. The third-order valence-corrected chi connectivity index (χ3v) is 9.49. The van der Waals surface area contributed by atoms with E-state index in [4.69, 9.17) is 5.73 Å². The zero-order valence-electron chi connectivity index (χ0n) is 28.8. The lowest BCUT2D eigenvalue weighted by atomic mass is 9.80. The van der Waals surface area contributed by atoms with E-state index in [2.05, 4.69) is 20.8 Å². The number of rotatable bonds is 34. The van der Waals surface area contributed by atoms with Crippen molar-refractivity contribution in [2.45, 2.75) is 244 Å². The summed E-state index contributed by atoms with van der Waals surface area (Å²) in [6, 6.07) is 0. The van der Waals surface area contributed by atoms with Crippen molar-refractivity contribution in [2.24, 2.45) is 5.73 Å². The third-order valence-electron chi connectivity index (χ3n) is 9.49. The lowest BCUT2D eigenvalue weighted by molar-refractivity contribution is 0.0592. The molecule has 0 bridgehead atoms. The molecule has 0 amide bonds. The van der Waals surface area contributed by atoms with Gasteiger partial charge < -0.3 is 10.8 Å². The maximum atomic E-state index is 11.3. The van der Waals surface area contributed by atoms with Gasteiger partial charge in [0.05, 0.1) is 6.10 Å². The van der Waals surface area contributed by atoms with Crippen LogP contribution >= 0.6 is 12.4 Å². The Balaban J connectivity index is 0. The number of nitrogens with two attached hydrogens (primary N) is 1. The molecule has 0 rings (SSSR count). The first-order chi connectivity index (χ1) is 19.6. The number of unbranched alkanes of at least 4 members (excludes halogenated alkanes) is 27. The number of halogens is 1. The molecule has 0 aromatic rings. The van der Waals surface area contributed by atoms with Gasteiger partial charge in [-0.15, -0.1) is 12.4 Å². The number of aliphatic hydroxyl groups excluding tert-OH is 1. The standard InChI is InChI=1S/C38H79NO.ClH/c1-4-7-10-13-16-19-22-25-28-31-34-37(40)38(39,35-32-29-26-23-20-17-14-11-8-5-2)36-33-30-27-24-21-18-15-12-9-6-3;/h37,40H,4-36,39H2,1-3H3;1H. The van der Waals surface area contributed by atoms with Crippen molar-refractivity contribution >= 4 is 12.4 Å². The van der Waals surface area contributed by atoms with Gasteiger partial charge in [-0.3, -0.25) is 0 Å². The van der Waals surface area contributed by atoms with Gasteiger partial charge in [-0.2, -0.15) is 0 Å². The third kappa shape index (κ3) is 30.0. The second kappa shape index (κ2) is 34.7. The molecule has 0 spiro atoms. The summed E-state index contributed by atoms with van der Waals surface area (Å²) < 4.78 is 0. The Morgan fingerprint density at radius 1 is 0.390 bits per heavy atom. The van der Waals surface area contributed by atoms with Crippen molar-refractivity contribution < 1.29 is 5.11 Å². The highest BCUT2D eigenvalue weighted by Crippen LogP contribution is 2.28. The molecule has 0 fully saturated rings. The first-order valence-electron chi connectivity index (χ1n) is 19.1. The number of aliphatic hydroxyl groups is 1. The van der Waals surface area contributed by atoms with Crippen LogP contribution in [0.5, 0.6) is 0 Å². The maximum Gasteiger partial charge on any atom is 0.0719 e. The van der Waals surface area contributed by atoms with Crippen LogP contribution in [-0.4, -0.2) is 16.7 Å². The highest BCUT2D eigenvalue weighted by Gasteiger charge is 2.32. The van der Waals surface area contributed by atoms with E-state index in [0.717, 1.165) is 25.7 Å². The van der Waals surface area contributed by atoms with E-state index in [1.807, 2.05) is 0 Å². The Labute approximate surface area is 267 Å². The van der Waals surface area contributed by atoms with Gasteiger partial charge in [0.2, 0.25) is 0 Å². The van der Waals surface area contributed by atoms with Crippen LogP contribution in [0.3, 0.4) is 0 Å². The number of hydrogen-bond acceptors (Lipinski definition) is 2. The molecule has 0 saturated carbocycles. The Morgan fingerprint density at radius 3 is 0.878 bits per heavy atom. The smallest absolute Gasteiger partial charge is 0.0719 e. The predicted octanol–water partition coefficient (Wildman–Crippen LogP) is 13.4. The molecular formula is C38H80ClNO. The normalized spacial score (nSPS) is 12.5. The molecule has 0 aromatic heterocycles. The molecule has 41 heavy (non-hydrogen) atoms. The fourth-order valence-electron chi connectivity index (χ4n) is 6.45. The molecule has 0 aliphatic carbocycles. The molecule has 3 N–H and O–H groups in total. The van der Waals surface area contributed by atoms with E-state index in [1.165, 1.54) is 186 Å². The summed E-state index contributed by atoms with van der Waals surface area (Å²) in [5, 5.41) is 11.3. The minimum Gasteiger partial charge on any atom is -0.391 e. The van der Waals surface area contributed by atoms with Crippen LogP contribution in [0.1, 0.15) is 233 Å². The van der Waals surface area contributed by atoms with Gasteiger partial charge in [-0.25, -0.2) is 0 Å². The summed E-state index contributed by atoms with van der Waals surface area (Å²) >= 11 is 0. The van der Waals surface area contributed by atoms with Crippen LogP contribution in [0.15, 0.2) is 0 Å². The molecule has 0 heterocycles. The summed E-state index contributed by atoms with van der Waals surface area (Å²) in [6.45, 7) is 6.88. The van der Waals surface area contributed by atoms with E-state index < -0.39 is 0 Å². The van der Waals surface area contributed by atoms with E-state index in [1.54, 1.807) is 0 Å². The van der Waals surface area contributed by atoms with Gasteiger partial charge in [-0.1, -0.05) is 213 Å². The second-order valence-electron chi connectivity index (χ2n) is 13.6. The lowest BCUT2D eigenvalue weighted by Gasteiger charge is -2.35. The Kier molecular flexibility index (Phi) is 36.7. The summed E-state index contributed by atoms with van der Waals surface area (Å²) in [6.07, 6.45) is 43.3. The SMILES string of the molecule is CCCCCCCCCCCCC(O)C(N)(CCCCCCCCCCCC)CCCCCCCCCCCC.Cl. The molecule has 0 aliphatic rings. The van der Waals surface area contributed by atoms with Crippen molar-refractivity contribution in [1.29, 1.82) is 0 Å². The maximum absolute atomic E-state index is 11.3. The van der Waals surface area contributed by atoms with E-state index in [9.17, 15) is 5.11 Å². The van der Waals surface area contributed by atoms with E-state index >= 15 is 0 Å². The van der Waals surface area contributed by atoms with Gasteiger partial charge in [0.25, 0.3) is 0 Å². The van der Waals surface area contributed by atoms with Crippen molar-refractivity contribution in [1.82, 2.24) is 0 Å². The molecular weight excluding hydrogens is 522 g/mol. The van der Waals surface area contributed by atoms with Gasteiger partial charge >= 0.3 is 0 Å². The van der Waals surface area contributed by atoms with Crippen molar-refractivity contribution in [3.63, 3.8) is 0 Å². The van der Waals surface area contributed by atoms with Crippen LogP contribution in [0.2, 0.25) is 0 Å². The van der Waals surface area contributed by atoms with Crippen LogP contribution in [0.4, 0.5) is 0 Å². The Morgan fingerprint density at radius 2 is 0.610 bits per heavy atom. The van der Waals surface area contributed by atoms with Crippen molar-refractivity contribution in [3.8, 4) is 0 Å². The van der Waals surface area contributed by atoms with E-state index in [-0.39, 0.29) is 24.0 Å². The van der Waals surface area contributed by atoms with Gasteiger partial charge in [0.1, 0.15) is 0 Å². The van der Waals surface area contributed by atoms with Crippen LogP contribution in [0.25, 0.3) is 0 Å². The Bertz CT molecular complexity index is 447. The zero-order valence-corrected chi connectivity index (χ0v) is 29.7. The van der Waals surface area contributed by atoms with E-state index in [0.29, 0.717) is 0 Å². The van der Waals surface area contributed by atoms with Crippen molar-refractivity contribution in [2.75, 3.05) is 0 Å². The molecule has 0 radical (unpaired) electrons. The number of hydrogen-bond donors (Lipinski definition) is 2. The van der Waals surface area contributed by atoms with Crippen molar-refractivity contribution in [3.05, 3.63) is 0 Å². The molecule has 0 saturated heterocycles. The molecule has 3 heteroatoms. The minimum absolute atomic E-state index is 0. The van der Waals surface area contributed by atoms with Crippen LogP contribution < -0.4 is 5.73 Å². The summed E-state index contributed by atoms with van der Waals surface area (Å²) in [5.41, 5.74) is 6.67. The monoisotopic (exact) mass is 602 g/mol. The Hall–Kier alpha value is 0.210. The average Bonchev–Trinajstić information content (AvgIpc) is 2.96. The zero-order chi connectivity index (χ0) is 29.4. The first-order valence-corrected chi connectivity index (χ1v) is 19.1. The highest BCUT2D eigenvalue weighted by molar-refractivity contribution is 5.85.